The summed E-state index contributed by atoms with van der Waals surface area (Å²) >= 11 is 0. The first kappa shape index (κ1) is 26.1. The fourth-order valence-electron chi connectivity index (χ4n) is 7.06. The Morgan fingerprint density at radius 3 is 2.67 bits per heavy atom. The molecule has 0 radical (unpaired) electrons. The van der Waals surface area contributed by atoms with Gasteiger partial charge in [-0.1, -0.05) is 0 Å². The monoisotopic (exact) mass is 581 g/mol. The number of ether oxygens (including phenoxy) is 1. The van der Waals surface area contributed by atoms with E-state index >= 15 is 0 Å². The van der Waals surface area contributed by atoms with E-state index in [-0.39, 0.29) is 18.0 Å². The third kappa shape index (κ3) is 4.09. The molecular formula is C32H32FN7O3. The zero-order chi connectivity index (χ0) is 29.6. The molecule has 10 nitrogen and oxygen atoms in total. The van der Waals surface area contributed by atoms with Gasteiger partial charge in [-0.3, -0.25) is 4.79 Å². The number of aromatic nitrogens is 5. The molecule has 2 saturated carbocycles. The van der Waals surface area contributed by atoms with Crippen LogP contribution in [0.1, 0.15) is 36.0 Å². The van der Waals surface area contributed by atoms with Crippen LogP contribution in [0.4, 0.5) is 4.39 Å². The predicted octanol–water partition coefficient (Wildman–Crippen LogP) is 4.48. The second-order valence-corrected chi connectivity index (χ2v) is 12.2. The van der Waals surface area contributed by atoms with Crippen LogP contribution in [0.25, 0.3) is 44.8 Å². The van der Waals surface area contributed by atoms with Gasteiger partial charge in [0.1, 0.15) is 16.9 Å². The standard InChI is InChI=1S/C32H32FN7O3/c1-38-28-22(9-19(12-26(28)43-2)32(42)40-15-18-6-8-23(40)27(18)34)37-31(38)24-10-17-5-7-21(20-11-25(41)29(33)35-13-20)36-30(17)39(24)14-16-3-4-16/h5,7,9-13,16,18,23,27,41H,3-4,6,8,14-15,34H2,1-2H3. The lowest BCUT2D eigenvalue weighted by molar-refractivity contribution is 0.0700. The van der Waals surface area contributed by atoms with Crippen LogP contribution in [-0.4, -0.2) is 65.7 Å². The van der Waals surface area contributed by atoms with E-state index in [1.807, 2.05) is 40.8 Å². The highest BCUT2D eigenvalue weighted by Crippen LogP contribution is 2.40. The molecule has 43 heavy (non-hydrogen) atoms. The van der Waals surface area contributed by atoms with Crippen LogP contribution in [0.15, 0.2) is 42.6 Å². The minimum absolute atomic E-state index is 0.0315. The van der Waals surface area contributed by atoms with Crippen molar-refractivity contribution in [2.45, 2.75) is 44.3 Å². The maximum atomic E-state index is 13.7. The lowest BCUT2D eigenvalue weighted by atomic mass is 10.1. The topological polar surface area (TPSA) is 124 Å². The number of pyridine rings is 2. The molecule has 3 N–H and O–H groups in total. The second-order valence-electron chi connectivity index (χ2n) is 12.2. The minimum atomic E-state index is -0.914. The molecule has 3 atom stereocenters. The van der Waals surface area contributed by atoms with Crippen LogP contribution in [-0.2, 0) is 13.6 Å². The number of aryl methyl sites for hydroxylation is 1. The summed E-state index contributed by atoms with van der Waals surface area (Å²) in [7, 11) is 3.57. The molecule has 0 spiro atoms. The van der Waals surface area contributed by atoms with Gasteiger partial charge in [0.2, 0.25) is 0 Å². The third-order valence-electron chi connectivity index (χ3n) is 9.54. The molecule has 2 bridgehead atoms. The Hall–Kier alpha value is -4.51. The maximum Gasteiger partial charge on any atom is 0.255 e. The van der Waals surface area contributed by atoms with Crippen LogP contribution < -0.4 is 10.5 Å². The molecule has 1 saturated heterocycles. The number of methoxy groups -OCH3 is 1. The van der Waals surface area contributed by atoms with Crippen LogP contribution in [0.3, 0.4) is 0 Å². The van der Waals surface area contributed by atoms with Crippen molar-refractivity contribution in [3.05, 3.63) is 54.1 Å². The van der Waals surface area contributed by atoms with E-state index in [1.165, 1.54) is 12.3 Å². The number of piperidine rings is 1. The van der Waals surface area contributed by atoms with Crippen molar-refractivity contribution in [3.8, 4) is 34.3 Å². The van der Waals surface area contributed by atoms with Crippen molar-refractivity contribution >= 4 is 28.0 Å². The number of amides is 1. The zero-order valence-electron chi connectivity index (χ0n) is 24.0. The van der Waals surface area contributed by atoms with Gasteiger partial charge >= 0.3 is 0 Å². The second kappa shape index (κ2) is 9.50. The number of hydrogen-bond acceptors (Lipinski definition) is 7. The number of rotatable bonds is 6. The number of carbonyl (C=O) groups is 1. The van der Waals surface area contributed by atoms with Gasteiger partial charge in [-0.15, -0.1) is 0 Å². The van der Waals surface area contributed by atoms with Gasteiger partial charge in [0.15, 0.2) is 11.6 Å². The number of imidazole rings is 1. The van der Waals surface area contributed by atoms with Crippen molar-refractivity contribution < 1.29 is 19.0 Å². The first-order valence-electron chi connectivity index (χ1n) is 14.8. The molecule has 4 aromatic heterocycles. The molecule has 1 aromatic carbocycles. The average molecular weight is 582 g/mol. The van der Waals surface area contributed by atoms with Gasteiger partial charge in [-0.05, 0) is 73.9 Å². The lowest BCUT2D eigenvalue weighted by Crippen LogP contribution is -2.41. The van der Waals surface area contributed by atoms with Crippen LogP contribution in [0.5, 0.6) is 11.5 Å². The molecule has 3 unspecified atom stereocenters. The fraction of sp³-hybridized carbons (Fsp3) is 0.375. The number of fused-ring (bicyclic) bond motifs is 4. The normalized spacial score (nSPS) is 21.4. The van der Waals surface area contributed by atoms with E-state index in [0.717, 1.165) is 60.3 Å². The van der Waals surface area contributed by atoms with Crippen molar-refractivity contribution in [3.63, 3.8) is 0 Å². The molecule has 5 aromatic rings. The van der Waals surface area contributed by atoms with Crippen molar-refractivity contribution in [2.75, 3.05) is 13.7 Å². The molecule has 2 aliphatic carbocycles. The summed E-state index contributed by atoms with van der Waals surface area (Å²) < 4.78 is 23.6. The highest BCUT2D eigenvalue weighted by Gasteiger charge is 2.47. The van der Waals surface area contributed by atoms with E-state index in [0.29, 0.717) is 46.5 Å². The van der Waals surface area contributed by atoms with Gasteiger partial charge in [-0.25, -0.2) is 15.0 Å². The van der Waals surface area contributed by atoms with Gasteiger partial charge < -0.3 is 29.6 Å². The highest BCUT2D eigenvalue weighted by atomic mass is 19.1. The van der Waals surface area contributed by atoms with E-state index in [9.17, 15) is 14.3 Å². The average Bonchev–Trinajstić information content (AvgIpc) is 3.42. The molecule has 5 heterocycles. The number of nitrogens with zero attached hydrogens (tertiary/aromatic N) is 6. The quantitative estimate of drug-likeness (QED) is 0.284. The number of aromatic hydroxyl groups is 1. The number of carbonyl (C=O) groups excluding carboxylic acids is 1. The summed E-state index contributed by atoms with van der Waals surface area (Å²) in [6.07, 6.45) is 5.70. The largest absolute Gasteiger partial charge is 0.504 e. The molecule has 1 amide bonds. The Balaban J connectivity index is 1.24. The molecular weight excluding hydrogens is 549 g/mol. The summed E-state index contributed by atoms with van der Waals surface area (Å²) in [5, 5.41) is 10.8. The first-order valence-corrected chi connectivity index (χ1v) is 14.8. The van der Waals surface area contributed by atoms with Crippen LogP contribution in [0, 0.1) is 17.8 Å². The number of likely N-dealkylation sites (tertiary alicyclic amines) is 1. The molecule has 220 valence electrons. The summed E-state index contributed by atoms with van der Waals surface area (Å²) in [5.41, 5.74) is 11.2. The van der Waals surface area contributed by atoms with Gasteiger partial charge in [0.25, 0.3) is 11.9 Å². The van der Waals surface area contributed by atoms with E-state index in [4.69, 9.17) is 20.4 Å². The molecule has 1 aliphatic heterocycles. The number of halogens is 1. The fourth-order valence-corrected chi connectivity index (χ4v) is 7.06. The Morgan fingerprint density at radius 2 is 1.98 bits per heavy atom. The molecule has 3 fully saturated rings. The zero-order valence-corrected chi connectivity index (χ0v) is 24.0. The predicted molar refractivity (Wildman–Crippen MR) is 159 cm³/mol. The number of benzene rings is 1. The Kier molecular flexibility index (Phi) is 5.78. The summed E-state index contributed by atoms with van der Waals surface area (Å²) in [6, 6.07) is 11.0. The Morgan fingerprint density at radius 1 is 1.14 bits per heavy atom. The van der Waals surface area contributed by atoms with Crippen LogP contribution >= 0.6 is 0 Å². The van der Waals surface area contributed by atoms with Crippen molar-refractivity contribution in [1.82, 2.24) is 29.0 Å². The maximum absolute atomic E-state index is 13.7. The third-order valence-corrected chi connectivity index (χ3v) is 9.54. The van der Waals surface area contributed by atoms with Crippen molar-refractivity contribution in [2.24, 2.45) is 24.6 Å². The lowest BCUT2D eigenvalue weighted by Gasteiger charge is -2.27. The Bertz CT molecular complexity index is 1940. The molecule has 8 rings (SSSR count). The van der Waals surface area contributed by atoms with E-state index in [2.05, 4.69) is 15.6 Å². The number of nitrogens with two attached hydrogens (primary N) is 1. The molecule has 11 heteroatoms. The molecule has 3 aliphatic rings. The van der Waals surface area contributed by atoms with Crippen molar-refractivity contribution in [1.29, 1.82) is 0 Å². The number of hydrogen-bond donors (Lipinski definition) is 2. The Labute approximate surface area is 246 Å². The van der Waals surface area contributed by atoms with Gasteiger partial charge in [0.05, 0.1) is 24.0 Å². The summed E-state index contributed by atoms with van der Waals surface area (Å²) in [5.74, 6) is 0.783. The SMILES string of the molecule is COc1cc(C(=O)N2CC3CCC2C3N)cc2nc(-c3cc4ccc(-c5cnc(F)c(O)c5)nc4n3CC3CC3)n(C)c12. The first-order chi connectivity index (χ1) is 20.8. The summed E-state index contributed by atoms with van der Waals surface area (Å²) in [6.45, 7) is 1.48. The smallest absolute Gasteiger partial charge is 0.255 e. The highest BCUT2D eigenvalue weighted by molar-refractivity contribution is 6.00. The van der Waals surface area contributed by atoms with Gasteiger partial charge in [0, 0.05) is 54.9 Å². The van der Waals surface area contributed by atoms with Crippen LogP contribution in [0.2, 0.25) is 0 Å². The summed E-state index contributed by atoms with van der Waals surface area (Å²) in [4.78, 5) is 29.3. The van der Waals surface area contributed by atoms with E-state index < -0.39 is 11.7 Å². The minimum Gasteiger partial charge on any atom is -0.504 e. The van der Waals surface area contributed by atoms with E-state index in [1.54, 1.807) is 7.11 Å². The van der Waals surface area contributed by atoms with Gasteiger partial charge in [-0.2, -0.15) is 4.39 Å².